The zero-order valence-corrected chi connectivity index (χ0v) is 13.7. The van der Waals surface area contributed by atoms with Crippen molar-refractivity contribution in [2.45, 2.75) is 39.5 Å². The highest BCUT2D eigenvalue weighted by molar-refractivity contribution is 5.80. The van der Waals surface area contributed by atoms with E-state index in [1.807, 2.05) is 6.08 Å². The van der Waals surface area contributed by atoms with E-state index < -0.39 is 5.97 Å². The highest BCUT2D eigenvalue weighted by Gasteiger charge is 2.04. The molecule has 0 aromatic heterocycles. The van der Waals surface area contributed by atoms with Crippen molar-refractivity contribution in [1.82, 2.24) is 0 Å². The lowest BCUT2D eigenvalue weighted by Crippen LogP contribution is -2.25. The van der Waals surface area contributed by atoms with Gasteiger partial charge in [-0.05, 0) is 30.5 Å². The number of unbranched alkanes of at least 4 members (excludes halogenated alkanes) is 2. The number of aliphatic carboxylic acids is 1. The van der Waals surface area contributed by atoms with Crippen LogP contribution in [0, 0.1) is 0 Å². The van der Waals surface area contributed by atoms with Crippen LogP contribution in [0.15, 0.2) is 42.5 Å². The Morgan fingerprint density at radius 1 is 1.05 bits per heavy atom. The van der Waals surface area contributed by atoms with Crippen molar-refractivity contribution < 1.29 is 9.90 Å². The van der Waals surface area contributed by atoms with Gasteiger partial charge in [-0.2, -0.15) is 0 Å². The number of allylic oxidation sites excluding steroid dienone is 2. The maximum Gasteiger partial charge on any atom is 0.328 e. The lowest BCUT2D eigenvalue weighted by Gasteiger charge is -2.24. The van der Waals surface area contributed by atoms with Crippen molar-refractivity contribution in [3.63, 3.8) is 0 Å². The number of carbonyl (C=O) groups is 1. The Labute approximate surface area is 134 Å². The van der Waals surface area contributed by atoms with E-state index in [1.165, 1.54) is 37.4 Å². The minimum absolute atomic E-state index is 0.928. The van der Waals surface area contributed by atoms with E-state index in [2.05, 4.69) is 43.0 Å². The molecule has 120 valence electrons. The zero-order chi connectivity index (χ0) is 16.2. The second kappa shape index (κ2) is 10.7. The fourth-order valence-corrected chi connectivity index (χ4v) is 2.17. The number of carboxylic acids is 1. The van der Waals surface area contributed by atoms with E-state index in [1.54, 1.807) is 6.08 Å². The standard InChI is InChI=1S/C19H27NO2/c1-3-5-15-20(16-6-4-2)18-13-11-17(12-14-18)9-7-8-10-19(21)22/h7-14H,3-6,15-16H2,1-2H3,(H,21,22). The highest BCUT2D eigenvalue weighted by atomic mass is 16.4. The smallest absolute Gasteiger partial charge is 0.328 e. The summed E-state index contributed by atoms with van der Waals surface area (Å²) in [7, 11) is 0. The summed E-state index contributed by atoms with van der Waals surface area (Å²) in [5.41, 5.74) is 2.34. The quantitative estimate of drug-likeness (QED) is 0.501. The normalized spacial score (nSPS) is 11.4. The summed E-state index contributed by atoms with van der Waals surface area (Å²) in [6, 6.07) is 8.44. The molecular weight excluding hydrogens is 274 g/mol. The van der Waals surface area contributed by atoms with Crippen LogP contribution in [-0.4, -0.2) is 24.2 Å². The summed E-state index contributed by atoms with van der Waals surface area (Å²) in [6.45, 7) is 6.65. The summed E-state index contributed by atoms with van der Waals surface area (Å²) in [4.78, 5) is 12.8. The van der Waals surface area contributed by atoms with Gasteiger partial charge >= 0.3 is 5.97 Å². The molecule has 0 amide bonds. The third-order valence-corrected chi connectivity index (χ3v) is 3.46. The Bertz CT molecular complexity index is 481. The molecule has 0 aliphatic rings. The molecule has 1 aromatic rings. The zero-order valence-electron chi connectivity index (χ0n) is 13.7. The molecule has 0 atom stereocenters. The molecule has 0 unspecified atom stereocenters. The first-order chi connectivity index (χ1) is 10.7. The van der Waals surface area contributed by atoms with Crippen molar-refractivity contribution in [1.29, 1.82) is 0 Å². The van der Waals surface area contributed by atoms with Gasteiger partial charge in [0.2, 0.25) is 0 Å². The minimum atomic E-state index is -0.928. The average Bonchev–Trinajstić information content (AvgIpc) is 2.52. The Kier molecular flexibility index (Phi) is 8.73. The molecule has 0 bridgehead atoms. The van der Waals surface area contributed by atoms with Crippen LogP contribution in [0.1, 0.15) is 45.1 Å². The number of rotatable bonds is 10. The van der Waals surface area contributed by atoms with E-state index in [9.17, 15) is 4.79 Å². The molecule has 0 aliphatic heterocycles. The Morgan fingerprint density at radius 2 is 1.64 bits per heavy atom. The number of hydrogen-bond donors (Lipinski definition) is 1. The molecule has 1 N–H and O–H groups in total. The van der Waals surface area contributed by atoms with Crippen molar-refractivity contribution in [2.75, 3.05) is 18.0 Å². The molecule has 0 saturated carbocycles. The maximum absolute atomic E-state index is 10.4. The Morgan fingerprint density at radius 3 is 2.14 bits per heavy atom. The molecule has 0 heterocycles. The Hall–Kier alpha value is -2.03. The molecule has 0 spiro atoms. The fourth-order valence-electron chi connectivity index (χ4n) is 2.17. The van der Waals surface area contributed by atoms with E-state index in [-0.39, 0.29) is 0 Å². The summed E-state index contributed by atoms with van der Waals surface area (Å²) in [5.74, 6) is -0.928. The summed E-state index contributed by atoms with van der Waals surface area (Å²) < 4.78 is 0. The molecule has 0 saturated heterocycles. The molecular formula is C19H27NO2. The highest BCUT2D eigenvalue weighted by Crippen LogP contribution is 2.17. The molecule has 3 heteroatoms. The van der Waals surface area contributed by atoms with Gasteiger partial charge in [0.15, 0.2) is 0 Å². The number of nitrogens with zero attached hydrogens (tertiary/aromatic N) is 1. The number of carboxylic acid groups (broad SMARTS) is 1. The van der Waals surface area contributed by atoms with Crippen LogP contribution in [0.3, 0.4) is 0 Å². The maximum atomic E-state index is 10.4. The molecule has 0 radical (unpaired) electrons. The van der Waals surface area contributed by atoms with Gasteiger partial charge < -0.3 is 10.0 Å². The van der Waals surface area contributed by atoms with Crippen LogP contribution in [0.25, 0.3) is 6.08 Å². The van der Waals surface area contributed by atoms with Gasteiger partial charge in [0.05, 0.1) is 0 Å². The van der Waals surface area contributed by atoms with Crippen LogP contribution in [0.5, 0.6) is 0 Å². The molecule has 22 heavy (non-hydrogen) atoms. The van der Waals surface area contributed by atoms with Crippen molar-refractivity contribution in [3.05, 3.63) is 48.1 Å². The van der Waals surface area contributed by atoms with E-state index in [0.29, 0.717) is 0 Å². The molecule has 3 nitrogen and oxygen atoms in total. The minimum Gasteiger partial charge on any atom is -0.478 e. The fraction of sp³-hybridized carbons (Fsp3) is 0.421. The van der Waals surface area contributed by atoms with Gasteiger partial charge in [-0.1, -0.05) is 57.0 Å². The lowest BCUT2D eigenvalue weighted by atomic mass is 10.1. The van der Waals surface area contributed by atoms with Gasteiger partial charge in [0.1, 0.15) is 0 Å². The van der Waals surface area contributed by atoms with Gasteiger partial charge in [-0.3, -0.25) is 0 Å². The van der Waals surface area contributed by atoms with Crippen LogP contribution in [0.4, 0.5) is 5.69 Å². The first-order valence-corrected chi connectivity index (χ1v) is 8.10. The lowest BCUT2D eigenvalue weighted by molar-refractivity contribution is -0.131. The largest absolute Gasteiger partial charge is 0.478 e. The summed E-state index contributed by atoms with van der Waals surface area (Å²) in [5, 5.41) is 8.52. The van der Waals surface area contributed by atoms with E-state index >= 15 is 0 Å². The first kappa shape index (κ1) is 18.0. The second-order valence-corrected chi connectivity index (χ2v) is 5.34. The predicted molar refractivity (Wildman–Crippen MR) is 94.3 cm³/mol. The van der Waals surface area contributed by atoms with Gasteiger partial charge in [0, 0.05) is 24.9 Å². The van der Waals surface area contributed by atoms with E-state index in [0.717, 1.165) is 24.7 Å². The molecule has 1 aromatic carbocycles. The monoisotopic (exact) mass is 301 g/mol. The summed E-state index contributed by atoms with van der Waals surface area (Å²) >= 11 is 0. The third kappa shape index (κ3) is 7.11. The van der Waals surface area contributed by atoms with Crippen LogP contribution < -0.4 is 4.90 Å². The van der Waals surface area contributed by atoms with Gasteiger partial charge in [0.25, 0.3) is 0 Å². The SMILES string of the molecule is CCCCN(CCCC)c1ccc(C=CC=CC(=O)O)cc1. The molecule has 0 aliphatic carbocycles. The number of benzene rings is 1. The topological polar surface area (TPSA) is 40.5 Å². The Balaban J connectivity index is 2.68. The number of anilines is 1. The van der Waals surface area contributed by atoms with Crippen LogP contribution in [0.2, 0.25) is 0 Å². The second-order valence-electron chi connectivity index (χ2n) is 5.34. The van der Waals surface area contributed by atoms with Gasteiger partial charge in [-0.15, -0.1) is 0 Å². The molecule has 1 rings (SSSR count). The van der Waals surface area contributed by atoms with Crippen molar-refractivity contribution in [2.24, 2.45) is 0 Å². The third-order valence-electron chi connectivity index (χ3n) is 3.46. The van der Waals surface area contributed by atoms with Crippen LogP contribution >= 0.6 is 0 Å². The molecule has 0 fully saturated rings. The van der Waals surface area contributed by atoms with Crippen molar-refractivity contribution >= 4 is 17.7 Å². The number of hydrogen-bond acceptors (Lipinski definition) is 2. The first-order valence-electron chi connectivity index (χ1n) is 8.10. The van der Waals surface area contributed by atoms with Crippen molar-refractivity contribution in [3.8, 4) is 0 Å². The van der Waals surface area contributed by atoms with Crippen LogP contribution in [-0.2, 0) is 4.79 Å². The predicted octanol–water partition coefficient (Wildman–Crippen LogP) is 4.75. The summed E-state index contributed by atoms with van der Waals surface area (Å²) in [6.07, 6.45) is 11.2. The average molecular weight is 301 g/mol. The van der Waals surface area contributed by atoms with E-state index in [4.69, 9.17) is 5.11 Å². The van der Waals surface area contributed by atoms with Gasteiger partial charge in [-0.25, -0.2) is 4.79 Å².